The molecule has 1 aliphatic heterocycles. The molecule has 6 heteroatoms. The number of anilines is 1. The van der Waals surface area contributed by atoms with E-state index in [1.807, 2.05) is 0 Å². The minimum absolute atomic E-state index is 0.144. The number of hydrogen-bond acceptors (Lipinski definition) is 5. The highest BCUT2D eigenvalue weighted by molar-refractivity contribution is 6.30. The fraction of sp³-hybridized carbons (Fsp3) is 0.143. The maximum atomic E-state index is 11.7. The Morgan fingerprint density at radius 1 is 1.10 bits per heavy atom. The van der Waals surface area contributed by atoms with Crippen molar-refractivity contribution in [2.45, 2.75) is 0 Å². The number of rotatable bonds is 2. The Morgan fingerprint density at radius 3 is 2.45 bits per heavy atom. The van der Waals surface area contributed by atoms with Crippen LogP contribution in [-0.2, 0) is 19.1 Å². The topological polar surface area (TPSA) is 64.6 Å². The molecular weight excluding hydrogens is 282 g/mol. The first-order valence-electron chi connectivity index (χ1n) is 5.71. The number of methoxy groups -OCH3 is 2. The average molecular weight is 294 g/mol. The number of halogens is 1. The molecule has 20 heavy (non-hydrogen) atoms. The molecule has 0 amide bonds. The third-order valence-electron chi connectivity index (χ3n) is 2.72. The molecule has 0 atom stereocenters. The molecule has 0 saturated carbocycles. The molecular formula is C14H12ClNO4. The third-order valence-corrected chi connectivity index (χ3v) is 2.96. The van der Waals surface area contributed by atoms with Gasteiger partial charge >= 0.3 is 11.9 Å². The van der Waals surface area contributed by atoms with Crippen molar-refractivity contribution in [3.8, 4) is 0 Å². The van der Waals surface area contributed by atoms with Gasteiger partial charge in [-0.05, 0) is 30.4 Å². The molecule has 2 rings (SSSR count). The van der Waals surface area contributed by atoms with Crippen molar-refractivity contribution in [3.63, 3.8) is 0 Å². The highest BCUT2D eigenvalue weighted by Gasteiger charge is 2.19. The minimum Gasteiger partial charge on any atom is -0.465 e. The molecule has 0 saturated heterocycles. The predicted molar refractivity (Wildman–Crippen MR) is 75.2 cm³/mol. The van der Waals surface area contributed by atoms with Gasteiger partial charge in [-0.2, -0.15) is 0 Å². The van der Waals surface area contributed by atoms with E-state index in [4.69, 9.17) is 11.6 Å². The lowest BCUT2D eigenvalue weighted by molar-refractivity contribution is -0.136. The van der Waals surface area contributed by atoms with Crippen molar-refractivity contribution in [3.05, 3.63) is 46.1 Å². The summed E-state index contributed by atoms with van der Waals surface area (Å²) < 4.78 is 9.36. The number of nitrogens with one attached hydrogen (secondary N) is 1. The van der Waals surface area contributed by atoms with Gasteiger partial charge in [0.05, 0.1) is 19.8 Å². The third kappa shape index (κ3) is 2.83. The zero-order chi connectivity index (χ0) is 14.7. The summed E-state index contributed by atoms with van der Waals surface area (Å²) in [6.07, 6.45) is 2.97. The minimum atomic E-state index is -0.581. The summed E-state index contributed by atoms with van der Waals surface area (Å²) in [7, 11) is 2.53. The number of carbonyl (C=O) groups excluding carboxylic acids is 2. The van der Waals surface area contributed by atoms with Gasteiger partial charge in [0.1, 0.15) is 5.70 Å². The van der Waals surface area contributed by atoms with E-state index >= 15 is 0 Å². The van der Waals surface area contributed by atoms with Gasteiger partial charge in [-0.1, -0.05) is 11.6 Å². The Hall–Kier alpha value is -2.27. The number of esters is 2. The van der Waals surface area contributed by atoms with E-state index in [1.165, 1.54) is 20.3 Å². The van der Waals surface area contributed by atoms with Gasteiger partial charge in [0.2, 0.25) is 0 Å². The van der Waals surface area contributed by atoms with Crippen LogP contribution >= 0.6 is 11.6 Å². The quantitative estimate of drug-likeness (QED) is 0.848. The molecule has 0 spiro atoms. The van der Waals surface area contributed by atoms with Crippen LogP contribution in [0.1, 0.15) is 5.56 Å². The first kappa shape index (κ1) is 14.1. The van der Waals surface area contributed by atoms with Crippen LogP contribution in [0.25, 0.3) is 6.08 Å². The Bertz CT molecular complexity index is 634. The first-order valence-corrected chi connectivity index (χ1v) is 6.09. The van der Waals surface area contributed by atoms with Gasteiger partial charge in [-0.25, -0.2) is 9.59 Å². The molecule has 0 aromatic heterocycles. The first-order chi connectivity index (χ1) is 9.55. The van der Waals surface area contributed by atoms with Gasteiger partial charge in [-0.15, -0.1) is 0 Å². The summed E-state index contributed by atoms with van der Waals surface area (Å²) in [6, 6.07) is 5.07. The van der Waals surface area contributed by atoms with E-state index in [2.05, 4.69) is 14.8 Å². The number of benzene rings is 1. The summed E-state index contributed by atoms with van der Waals surface area (Å²) in [5.74, 6) is -1.14. The van der Waals surface area contributed by atoms with E-state index in [0.717, 1.165) is 0 Å². The normalized spacial score (nSPS) is 13.2. The number of fused-ring (bicyclic) bond motifs is 1. The van der Waals surface area contributed by atoms with Crippen molar-refractivity contribution < 1.29 is 19.1 Å². The van der Waals surface area contributed by atoms with Crippen LogP contribution in [0.3, 0.4) is 0 Å². The summed E-state index contributed by atoms with van der Waals surface area (Å²) in [6.45, 7) is 0. The Kier molecular flexibility index (Phi) is 4.10. The molecule has 5 nitrogen and oxygen atoms in total. The molecule has 1 aromatic rings. The maximum Gasteiger partial charge on any atom is 0.354 e. The van der Waals surface area contributed by atoms with E-state index in [-0.39, 0.29) is 11.3 Å². The second-order valence-corrected chi connectivity index (χ2v) is 4.43. The highest BCUT2D eigenvalue weighted by atomic mass is 35.5. The summed E-state index contributed by atoms with van der Waals surface area (Å²) in [5.41, 5.74) is 1.68. The second-order valence-electron chi connectivity index (χ2n) is 4.00. The van der Waals surface area contributed by atoms with Crippen LogP contribution < -0.4 is 5.32 Å². The van der Waals surface area contributed by atoms with Crippen LogP contribution in [0.2, 0.25) is 5.02 Å². The van der Waals surface area contributed by atoms with Crippen molar-refractivity contribution in [2.24, 2.45) is 0 Å². The standard InChI is InChI=1S/C14H12ClNO4/c1-19-13(17)9-5-8-6-10(15)3-4-11(8)16-12(7-9)14(18)20-2/h3-7,16H,1-2H3. The van der Waals surface area contributed by atoms with Crippen LogP contribution in [0, 0.1) is 0 Å². The maximum absolute atomic E-state index is 11.7. The van der Waals surface area contributed by atoms with Crippen molar-refractivity contribution in [1.29, 1.82) is 0 Å². The Balaban J connectivity index is 2.56. The van der Waals surface area contributed by atoms with Crippen LogP contribution in [-0.4, -0.2) is 26.2 Å². The zero-order valence-corrected chi connectivity index (χ0v) is 11.7. The van der Waals surface area contributed by atoms with Crippen molar-refractivity contribution in [1.82, 2.24) is 0 Å². The molecule has 1 N–H and O–H groups in total. The molecule has 104 valence electrons. The van der Waals surface area contributed by atoms with Gasteiger partial charge in [0.15, 0.2) is 0 Å². The lowest BCUT2D eigenvalue weighted by Gasteiger charge is -2.09. The molecule has 0 radical (unpaired) electrons. The lowest BCUT2D eigenvalue weighted by Crippen LogP contribution is -2.14. The molecule has 0 unspecified atom stereocenters. The lowest BCUT2D eigenvalue weighted by atomic mass is 10.1. The van der Waals surface area contributed by atoms with E-state index < -0.39 is 11.9 Å². The fourth-order valence-corrected chi connectivity index (χ4v) is 1.95. The van der Waals surface area contributed by atoms with E-state index in [9.17, 15) is 9.59 Å². The molecule has 0 fully saturated rings. The number of hydrogen-bond donors (Lipinski definition) is 1. The van der Waals surface area contributed by atoms with Crippen molar-refractivity contribution >= 4 is 35.3 Å². The number of carbonyl (C=O) groups is 2. The smallest absolute Gasteiger partial charge is 0.354 e. The number of ether oxygens (including phenoxy) is 2. The molecule has 1 aromatic carbocycles. The van der Waals surface area contributed by atoms with Gasteiger partial charge < -0.3 is 14.8 Å². The monoisotopic (exact) mass is 293 g/mol. The molecule has 1 heterocycles. The zero-order valence-electron chi connectivity index (χ0n) is 10.9. The largest absolute Gasteiger partial charge is 0.465 e. The fourth-order valence-electron chi connectivity index (χ4n) is 1.77. The predicted octanol–water partition coefficient (Wildman–Crippen LogP) is 2.38. The summed E-state index contributed by atoms with van der Waals surface area (Å²) >= 11 is 5.94. The van der Waals surface area contributed by atoms with Crippen LogP contribution in [0.15, 0.2) is 35.5 Å². The second kappa shape index (κ2) is 5.79. The van der Waals surface area contributed by atoms with Gasteiger partial charge in [0.25, 0.3) is 0 Å². The SMILES string of the molecule is COC(=O)C1=Cc2cc(Cl)ccc2NC(C(=O)OC)=C1. The summed E-state index contributed by atoms with van der Waals surface area (Å²) in [5, 5.41) is 3.44. The molecule has 0 aliphatic carbocycles. The summed E-state index contributed by atoms with van der Waals surface area (Å²) in [4.78, 5) is 23.4. The van der Waals surface area contributed by atoms with Gasteiger partial charge in [-0.3, -0.25) is 0 Å². The molecule has 1 aliphatic rings. The van der Waals surface area contributed by atoms with Crippen molar-refractivity contribution in [2.75, 3.05) is 19.5 Å². The molecule has 0 bridgehead atoms. The van der Waals surface area contributed by atoms with Gasteiger partial charge in [0, 0.05) is 16.3 Å². The Labute approximate surface area is 120 Å². The van der Waals surface area contributed by atoms with Crippen LogP contribution in [0.4, 0.5) is 5.69 Å². The van der Waals surface area contributed by atoms with Crippen LogP contribution in [0.5, 0.6) is 0 Å². The van der Waals surface area contributed by atoms with E-state index in [0.29, 0.717) is 16.3 Å². The van der Waals surface area contributed by atoms with E-state index in [1.54, 1.807) is 24.3 Å². The average Bonchev–Trinajstić information content (AvgIpc) is 2.64. The Morgan fingerprint density at radius 2 is 1.80 bits per heavy atom. The highest BCUT2D eigenvalue weighted by Crippen LogP contribution is 2.28.